The number of hydrogen-bond acceptors (Lipinski definition) is 4. The average molecular weight is 647 g/mol. The first-order chi connectivity index (χ1) is 19.0. The number of nitrogens with one attached hydrogen (secondary N) is 1. The summed E-state index contributed by atoms with van der Waals surface area (Å²) in [5.74, 6) is -0.740. The Hall–Kier alpha value is -2.88. The van der Waals surface area contributed by atoms with Crippen LogP contribution in [-0.2, 0) is 26.2 Å². The van der Waals surface area contributed by atoms with Crippen LogP contribution in [0.25, 0.3) is 0 Å². The molecule has 1 atom stereocenters. The van der Waals surface area contributed by atoms with E-state index in [9.17, 15) is 18.0 Å². The number of anilines is 1. The predicted molar refractivity (Wildman–Crippen MR) is 162 cm³/mol. The number of carbonyl (C=O) groups is 2. The lowest BCUT2D eigenvalue weighted by atomic mass is 10.1. The van der Waals surface area contributed by atoms with Gasteiger partial charge in [0.05, 0.1) is 10.6 Å². The summed E-state index contributed by atoms with van der Waals surface area (Å²) in [4.78, 5) is 28.8. The molecule has 1 N–H and O–H groups in total. The van der Waals surface area contributed by atoms with E-state index in [0.29, 0.717) is 10.7 Å². The highest BCUT2D eigenvalue weighted by atomic mass is 79.9. The summed E-state index contributed by atoms with van der Waals surface area (Å²) in [6.45, 7) is 3.21. The first-order valence-electron chi connectivity index (χ1n) is 13.2. The second kappa shape index (κ2) is 13.2. The highest BCUT2D eigenvalue weighted by Gasteiger charge is 2.33. The van der Waals surface area contributed by atoms with Crippen LogP contribution in [0.5, 0.6) is 0 Å². The van der Waals surface area contributed by atoms with E-state index < -0.39 is 28.5 Å². The second-order valence-corrected chi connectivity index (χ2v) is 13.3. The molecule has 10 heteroatoms. The maximum Gasteiger partial charge on any atom is 0.264 e. The Morgan fingerprint density at radius 1 is 1.02 bits per heavy atom. The van der Waals surface area contributed by atoms with E-state index in [4.69, 9.17) is 11.6 Å². The molecule has 2 amide bonds. The summed E-state index contributed by atoms with van der Waals surface area (Å²) in [7, 11) is -4.14. The molecule has 0 radical (unpaired) electrons. The molecule has 3 aromatic carbocycles. The third kappa shape index (κ3) is 7.44. The summed E-state index contributed by atoms with van der Waals surface area (Å²) in [6.07, 6.45) is 3.96. The van der Waals surface area contributed by atoms with Crippen molar-refractivity contribution in [3.05, 3.63) is 93.4 Å². The van der Waals surface area contributed by atoms with E-state index >= 15 is 0 Å². The van der Waals surface area contributed by atoms with Crippen molar-refractivity contribution >= 4 is 55.1 Å². The lowest BCUT2D eigenvalue weighted by molar-refractivity contribution is -0.139. The van der Waals surface area contributed by atoms with Gasteiger partial charge in [-0.1, -0.05) is 64.6 Å². The van der Waals surface area contributed by atoms with Crippen LogP contribution in [0.15, 0.2) is 82.2 Å². The van der Waals surface area contributed by atoms with E-state index in [1.54, 1.807) is 25.1 Å². The average Bonchev–Trinajstić information content (AvgIpc) is 3.44. The molecule has 1 fully saturated rings. The fraction of sp³-hybridized carbons (Fsp3) is 0.333. The topological polar surface area (TPSA) is 86.8 Å². The summed E-state index contributed by atoms with van der Waals surface area (Å²) >= 11 is 9.44. The fourth-order valence-corrected chi connectivity index (χ4v) is 6.60. The number of halogens is 2. The van der Waals surface area contributed by atoms with E-state index in [2.05, 4.69) is 21.2 Å². The van der Waals surface area contributed by atoms with Crippen molar-refractivity contribution in [1.29, 1.82) is 0 Å². The summed E-state index contributed by atoms with van der Waals surface area (Å²) in [5.41, 5.74) is 2.02. The Morgan fingerprint density at radius 2 is 1.68 bits per heavy atom. The number of sulfonamides is 1. The molecule has 7 nitrogen and oxygen atoms in total. The maximum atomic E-state index is 14.0. The van der Waals surface area contributed by atoms with Gasteiger partial charge in [-0.3, -0.25) is 13.9 Å². The van der Waals surface area contributed by atoms with Crippen molar-refractivity contribution < 1.29 is 18.0 Å². The van der Waals surface area contributed by atoms with Crippen LogP contribution >= 0.6 is 27.5 Å². The first kappa shape index (κ1) is 30.1. The van der Waals surface area contributed by atoms with Crippen LogP contribution in [0, 0.1) is 6.92 Å². The molecule has 212 valence electrons. The molecular weight excluding hydrogens is 614 g/mol. The van der Waals surface area contributed by atoms with Gasteiger partial charge in [0, 0.05) is 22.1 Å². The van der Waals surface area contributed by atoms with Crippen molar-refractivity contribution in [2.45, 2.75) is 63.1 Å². The molecule has 1 aliphatic rings. The smallest absolute Gasteiger partial charge is 0.264 e. The molecule has 1 saturated carbocycles. The lowest BCUT2D eigenvalue weighted by Crippen LogP contribution is -2.52. The van der Waals surface area contributed by atoms with E-state index in [-0.39, 0.29) is 23.4 Å². The number of amides is 2. The largest absolute Gasteiger partial charge is 0.352 e. The number of rotatable bonds is 10. The van der Waals surface area contributed by atoms with Crippen molar-refractivity contribution in [3.8, 4) is 0 Å². The van der Waals surface area contributed by atoms with E-state index in [0.717, 1.165) is 45.6 Å². The van der Waals surface area contributed by atoms with Crippen LogP contribution in [-0.4, -0.2) is 43.8 Å². The van der Waals surface area contributed by atoms with Crippen LogP contribution in [0.4, 0.5) is 5.69 Å². The molecule has 0 spiro atoms. The van der Waals surface area contributed by atoms with Crippen molar-refractivity contribution in [3.63, 3.8) is 0 Å². The van der Waals surface area contributed by atoms with Crippen molar-refractivity contribution in [2.75, 3.05) is 10.8 Å². The summed E-state index contributed by atoms with van der Waals surface area (Å²) < 4.78 is 29.7. The second-order valence-electron chi connectivity index (χ2n) is 10.1. The summed E-state index contributed by atoms with van der Waals surface area (Å²) in [5, 5.41) is 3.48. The zero-order valence-electron chi connectivity index (χ0n) is 22.5. The highest BCUT2D eigenvalue weighted by molar-refractivity contribution is 9.10. The molecule has 4 rings (SSSR count). The molecule has 0 aliphatic heterocycles. The van der Waals surface area contributed by atoms with E-state index in [1.807, 2.05) is 37.3 Å². The predicted octanol–water partition coefficient (Wildman–Crippen LogP) is 6.08. The van der Waals surface area contributed by atoms with Crippen molar-refractivity contribution in [1.82, 2.24) is 10.2 Å². The monoisotopic (exact) mass is 645 g/mol. The van der Waals surface area contributed by atoms with Crippen LogP contribution in [0.1, 0.15) is 43.7 Å². The number of benzene rings is 3. The van der Waals surface area contributed by atoms with Gasteiger partial charge in [0.25, 0.3) is 10.0 Å². The number of nitrogens with zero attached hydrogens (tertiary/aromatic N) is 2. The van der Waals surface area contributed by atoms with Gasteiger partial charge in [-0.25, -0.2) is 8.42 Å². The molecular formula is C30H33BrClN3O4S. The van der Waals surface area contributed by atoms with Gasteiger partial charge in [0.2, 0.25) is 11.8 Å². The van der Waals surface area contributed by atoms with Crippen LogP contribution < -0.4 is 9.62 Å². The molecule has 0 aromatic heterocycles. The highest BCUT2D eigenvalue weighted by Crippen LogP contribution is 2.26. The Balaban J connectivity index is 1.68. The Morgan fingerprint density at radius 3 is 2.30 bits per heavy atom. The Labute approximate surface area is 249 Å². The standard InChI is InChI=1S/C30H33BrClN3O4S/c1-21-6-5-9-27(18-21)35(40(38,39)28-16-14-25(32)15-17-28)20-29(36)34(19-23-10-12-24(31)13-11-23)22(2)30(37)33-26-7-3-4-8-26/h5-6,9-18,22,26H,3-4,7-8,19-20H2,1-2H3,(H,33,37)/t22-/m0/s1. The van der Waals surface area contributed by atoms with Crippen LogP contribution in [0.3, 0.4) is 0 Å². The molecule has 0 unspecified atom stereocenters. The summed E-state index contributed by atoms with van der Waals surface area (Å²) in [6, 6.07) is 19.6. The molecule has 1 aliphatic carbocycles. The third-order valence-corrected chi connectivity index (χ3v) is 9.67. The van der Waals surface area contributed by atoms with Gasteiger partial charge >= 0.3 is 0 Å². The Bertz CT molecular complexity index is 1440. The molecule has 40 heavy (non-hydrogen) atoms. The van der Waals surface area contributed by atoms with Gasteiger partial charge < -0.3 is 10.2 Å². The molecule has 0 heterocycles. The van der Waals surface area contributed by atoms with Gasteiger partial charge in [-0.15, -0.1) is 0 Å². The third-order valence-electron chi connectivity index (χ3n) is 7.11. The van der Waals surface area contributed by atoms with Crippen LogP contribution in [0.2, 0.25) is 5.02 Å². The van der Waals surface area contributed by atoms with E-state index in [1.165, 1.54) is 29.2 Å². The first-order valence-corrected chi connectivity index (χ1v) is 15.8. The number of carbonyl (C=O) groups excluding carboxylic acids is 2. The normalized spacial score (nSPS) is 14.5. The minimum atomic E-state index is -4.14. The van der Waals surface area contributed by atoms with Gasteiger partial charge in [0.1, 0.15) is 12.6 Å². The Kier molecular flexibility index (Phi) is 9.92. The molecule has 0 bridgehead atoms. The zero-order chi connectivity index (χ0) is 28.9. The van der Waals surface area contributed by atoms with Gasteiger partial charge in [-0.05, 0) is 86.3 Å². The SMILES string of the molecule is Cc1cccc(N(CC(=O)N(Cc2ccc(Br)cc2)[C@@H](C)C(=O)NC2CCCC2)S(=O)(=O)c2ccc(Cl)cc2)c1. The minimum absolute atomic E-state index is 0.0118. The fourth-order valence-electron chi connectivity index (χ4n) is 4.81. The van der Waals surface area contributed by atoms with Gasteiger partial charge in [-0.2, -0.15) is 0 Å². The molecule has 3 aromatic rings. The quantitative estimate of drug-likeness (QED) is 0.289. The number of hydrogen-bond donors (Lipinski definition) is 1. The van der Waals surface area contributed by atoms with Crippen molar-refractivity contribution in [2.24, 2.45) is 0 Å². The van der Waals surface area contributed by atoms with Gasteiger partial charge in [0.15, 0.2) is 0 Å². The lowest BCUT2D eigenvalue weighted by Gasteiger charge is -2.32. The number of aryl methyl sites for hydroxylation is 1. The maximum absolute atomic E-state index is 14.0. The minimum Gasteiger partial charge on any atom is -0.352 e. The molecule has 0 saturated heterocycles. The zero-order valence-corrected chi connectivity index (χ0v) is 25.7.